The summed E-state index contributed by atoms with van der Waals surface area (Å²) in [6.45, 7) is 4.28. The molecular weight excluding hydrogens is 392 g/mol. The Morgan fingerprint density at radius 2 is 1.83 bits per heavy atom. The number of rotatable bonds is 4. The van der Waals surface area contributed by atoms with Gasteiger partial charge in [-0.05, 0) is 37.1 Å². The van der Waals surface area contributed by atoms with Crippen molar-refractivity contribution in [1.29, 1.82) is 0 Å². The standard InChI is InChI=1S/C18H17BrO2S2/c1-3-21-17(20)18(14-7-4-12(2)5-8-14)22-15-9-6-13(11-19)10-16(15)23-18/h4-10H,3,11H2,1-2H3. The summed E-state index contributed by atoms with van der Waals surface area (Å²) in [4.78, 5) is 15.1. The van der Waals surface area contributed by atoms with Gasteiger partial charge in [0.1, 0.15) is 0 Å². The van der Waals surface area contributed by atoms with Gasteiger partial charge < -0.3 is 4.74 Å². The van der Waals surface area contributed by atoms with E-state index in [0.29, 0.717) is 6.61 Å². The number of fused-ring (bicyclic) bond motifs is 1. The summed E-state index contributed by atoms with van der Waals surface area (Å²) in [6, 6.07) is 14.5. The topological polar surface area (TPSA) is 26.3 Å². The van der Waals surface area contributed by atoms with E-state index in [1.807, 2.05) is 38.1 Å². The fourth-order valence-electron chi connectivity index (χ4n) is 2.45. The Kier molecular flexibility index (Phi) is 5.09. The predicted octanol–water partition coefficient (Wildman–Crippen LogP) is 5.50. The van der Waals surface area contributed by atoms with Crippen molar-refractivity contribution in [2.24, 2.45) is 0 Å². The van der Waals surface area contributed by atoms with Crippen molar-refractivity contribution in [3.05, 3.63) is 59.2 Å². The highest BCUT2D eigenvalue weighted by atomic mass is 79.9. The highest BCUT2D eigenvalue weighted by Crippen LogP contribution is 2.62. The monoisotopic (exact) mass is 408 g/mol. The molecule has 0 radical (unpaired) electrons. The number of carbonyl (C=O) groups excluding carboxylic acids is 1. The van der Waals surface area contributed by atoms with Crippen LogP contribution in [0.3, 0.4) is 0 Å². The molecule has 1 aliphatic rings. The van der Waals surface area contributed by atoms with Crippen molar-refractivity contribution >= 4 is 45.4 Å². The highest BCUT2D eigenvalue weighted by molar-refractivity contribution is 9.08. The van der Waals surface area contributed by atoms with Crippen LogP contribution >= 0.6 is 39.5 Å². The molecule has 0 N–H and O–H groups in total. The summed E-state index contributed by atoms with van der Waals surface area (Å²) in [7, 11) is 0. The Morgan fingerprint density at radius 3 is 2.48 bits per heavy atom. The molecule has 1 unspecified atom stereocenters. The lowest BCUT2D eigenvalue weighted by atomic mass is 10.1. The molecule has 1 heterocycles. The number of halogens is 1. The number of carbonyl (C=O) groups is 1. The van der Waals surface area contributed by atoms with Gasteiger partial charge in [0.2, 0.25) is 0 Å². The van der Waals surface area contributed by atoms with E-state index in [9.17, 15) is 4.79 Å². The number of alkyl halides is 1. The second kappa shape index (κ2) is 6.91. The molecule has 2 aromatic rings. The number of ether oxygens (including phenoxy) is 1. The summed E-state index contributed by atoms with van der Waals surface area (Å²) in [5, 5.41) is 0.808. The normalized spacial score (nSPS) is 19.4. The maximum Gasteiger partial charge on any atom is 0.337 e. The van der Waals surface area contributed by atoms with Gasteiger partial charge >= 0.3 is 5.97 Å². The fraction of sp³-hybridized carbons (Fsp3) is 0.278. The van der Waals surface area contributed by atoms with Gasteiger partial charge in [-0.1, -0.05) is 75.3 Å². The lowest BCUT2D eigenvalue weighted by Crippen LogP contribution is -2.29. The molecule has 0 fully saturated rings. The average molecular weight is 409 g/mol. The van der Waals surface area contributed by atoms with Crippen LogP contribution in [0.1, 0.15) is 23.6 Å². The molecule has 2 aromatic carbocycles. The van der Waals surface area contributed by atoms with Crippen LogP contribution in [0.5, 0.6) is 0 Å². The van der Waals surface area contributed by atoms with Crippen LogP contribution in [0.25, 0.3) is 0 Å². The second-order valence-electron chi connectivity index (χ2n) is 5.32. The van der Waals surface area contributed by atoms with E-state index >= 15 is 0 Å². The van der Waals surface area contributed by atoms with Crippen LogP contribution in [-0.2, 0) is 18.9 Å². The van der Waals surface area contributed by atoms with Crippen molar-refractivity contribution in [2.75, 3.05) is 6.61 Å². The third kappa shape index (κ3) is 3.19. The summed E-state index contributed by atoms with van der Waals surface area (Å²) < 4.78 is 4.66. The van der Waals surface area contributed by atoms with Crippen LogP contribution in [0, 0.1) is 6.92 Å². The maximum absolute atomic E-state index is 12.8. The number of benzene rings is 2. The minimum Gasteiger partial charge on any atom is -0.464 e. The SMILES string of the molecule is CCOC(=O)C1(c2ccc(C)cc2)Sc2ccc(CBr)cc2S1. The largest absolute Gasteiger partial charge is 0.464 e. The third-order valence-corrected chi connectivity index (χ3v) is 7.44. The molecule has 0 saturated heterocycles. The van der Waals surface area contributed by atoms with Crippen molar-refractivity contribution in [3.8, 4) is 0 Å². The molecule has 5 heteroatoms. The molecule has 0 aliphatic carbocycles. The van der Waals surface area contributed by atoms with Crippen molar-refractivity contribution in [3.63, 3.8) is 0 Å². The molecule has 1 atom stereocenters. The number of aryl methyl sites for hydroxylation is 1. The van der Waals surface area contributed by atoms with Gasteiger partial charge in [0, 0.05) is 15.1 Å². The van der Waals surface area contributed by atoms with E-state index in [4.69, 9.17) is 4.74 Å². The van der Waals surface area contributed by atoms with Gasteiger partial charge in [-0.2, -0.15) is 0 Å². The molecular formula is C18H17BrO2S2. The van der Waals surface area contributed by atoms with Crippen LogP contribution in [-0.4, -0.2) is 12.6 Å². The first-order valence-electron chi connectivity index (χ1n) is 7.40. The zero-order chi connectivity index (χ0) is 16.4. The molecule has 0 amide bonds. The smallest absolute Gasteiger partial charge is 0.337 e. The Labute approximate surface area is 153 Å². The van der Waals surface area contributed by atoms with Crippen LogP contribution < -0.4 is 0 Å². The number of hydrogen-bond donors (Lipinski definition) is 0. The number of thioether (sulfide) groups is 2. The van der Waals surface area contributed by atoms with Crippen LogP contribution in [0.2, 0.25) is 0 Å². The summed E-state index contributed by atoms with van der Waals surface area (Å²) in [5.74, 6) is -0.185. The average Bonchev–Trinajstić information content (AvgIpc) is 2.95. The molecule has 0 spiro atoms. The van der Waals surface area contributed by atoms with Gasteiger partial charge in [-0.15, -0.1) is 0 Å². The molecule has 3 rings (SSSR count). The van der Waals surface area contributed by atoms with E-state index in [2.05, 4.69) is 34.1 Å². The number of hydrogen-bond acceptors (Lipinski definition) is 4. The van der Waals surface area contributed by atoms with E-state index in [-0.39, 0.29) is 5.97 Å². The van der Waals surface area contributed by atoms with Gasteiger partial charge in [-0.25, -0.2) is 4.79 Å². The summed E-state index contributed by atoms with van der Waals surface area (Å²) in [5.41, 5.74) is 3.37. The second-order valence-corrected chi connectivity index (χ2v) is 8.65. The van der Waals surface area contributed by atoms with Crippen LogP contribution in [0.15, 0.2) is 52.3 Å². The summed E-state index contributed by atoms with van der Waals surface area (Å²) in [6.07, 6.45) is 0. The molecule has 0 saturated carbocycles. The van der Waals surface area contributed by atoms with Gasteiger partial charge in [0.15, 0.2) is 4.08 Å². The minimum atomic E-state index is -0.753. The van der Waals surface area contributed by atoms with Crippen molar-refractivity contribution in [1.82, 2.24) is 0 Å². The van der Waals surface area contributed by atoms with Crippen molar-refractivity contribution < 1.29 is 9.53 Å². The first-order chi connectivity index (χ1) is 11.1. The maximum atomic E-state index is 12.8. The molecule has 0 bridgehead atoms. The zero-order valence-corrected chi connectivity index (χ0v) is 16.2. The zero-order valence-electron chi connectivity index (χ0n) is 13.0. The third-order valence-electron chi connectivity index (χ3n) is 3.65. The Hall–Kier alpha value is -0.910. The molecule has 0 aromatic heterocycles. The highest BCUT2D eigenvalue weighted by Gasteiger charge is 2.49. The lowest BCUT2D eigenvalue weighted by molar-refractivity contribution is -0.143. The van der Waals surface area contributed by atoms with Gasteiger partial charge in [-0.3, -0.25) is 0 Å². The molecule has 1 aliphatic heterocycles. The fourth-order valence-corrected chi connectivity index (χ4v) is 5.84. The first kappa shape index (κ1) is 16.9. The molecule has 2 nitrogen and oxygen atoms in total. The van der Waals surface area contributed by atoms with E-state index < -0.39 is 4.08 Å². The first-order valence-corrected chi connectivity index (χ1v) is 10.2. The minimum absolute atomic E-state index is 0.185. The van der Waals surface area contributed by atoms with E-state index in [1.165, 1.54) is 11.1 Å². The molecule has 23 heavy (non-hydrogen) atoms. The van der Waals surface area contributed by atoms with Gasteiger partial charge in [0.05, 0.1) is 6.61 Å². The van der Waals surface area contributed by atoms with Crippen molar-refractivity contribution in [2.45, 2.75) is 33.0 Å². The number of esters is 1. The van der Waals surface area contributed by atoms with Crippen LogP contribution in [0.4, 0.5) is 0 Å². The van der Waals surface area contributed by atoms with E-state index in [0.717, 1.165) is 20.7 Å². The Balaban J connectivity index is 2.05. The predicted molar refractivity (Wildman–Crippen MR) is 100 cm³/mol. The Bertz CT molecular complexity index is 730. The van der Waals surface area contributed by atoms with E-state index in [1.54, 1.807) is 23.5 Å². The Morgan fingerprint density at radius 1 is 1.13 bits per heavy atom. The quantitative estimate of drug-likeness (QED) is 0.492. The summed E-state index contributed by atoms with van der Waals surface area (Å²) >= 11 is 6.66. The molecule has 120 valence electrons. The van der Waals surface area contributed by atoms with Gasteiger partial charge in [0.25, 0.3) is 0 Å². The lowest BCUT2D eigenvalue weighted by Gasteiger charge is -2.25.